The molecule has 0 saturated carbocycles. The number of benzene rings is 8. The van der Waals surface area contributed by atoms with E-state index in [2.05, 4.69) is 191 Å². The number of para-hydroxylation sites is 3. The van der Waals surface area contributed by atoms with Crippen molar-refractivity contribution < 1.29 is 0 Å². The second-order valence-corrected chi connectivity index (χ2v) is 15.6. The highest BCUT2D eigenvalue weighted by Crippen LogP contribution is 2.51. The molecule has 0 aliphatic carbocycles. The molecule has 5 heteroatoms. The van der Waals surface area contributed by atoms with E-state index in [9.17, 15) is 0 Å². The van der Waals surface area contributed by atoms with Crippen LogP contribution in [0.4, 0.5) is 0 Å². The Balaban J connectivity index is 1.16. The van der Waals surface area contributed by atoms with E-state index in [-0.39, 0.29) is 0 Å². The van der Waals surface area contributed by atoms with Gasteiger partial charge in [-0.3, -0.25) is 0 Å². The Morgan fingerprint density at radius 1 is 0.368 bits per heavy atom. The Hall–Kier alpha value is -7.34. The Bertz CT molecular complexity index is 3430. The monoisotopic (exact) mass is 744 g/mol. The van der Waals surface area contributed by atoms with Crippen molar-refractivity contribution in [2.24, 2.45) is 0 Å². The van der Waals surface area contributed by atoms with E-state index in [4.69, 9.17) is 9.97 Å². The summed E-state index contributed by atoms with van der Waals surface area (Å²) in [6, 6.07) is 69.1. The van der Waals surface area contributed by atoms with Gasteiger partial charge in [0.15, 0.2) is 5.82 Å². The quantitative estimate of drug-likeness (QED) is 0.176. The lowest BCUT2D eigenvalue weighted by molar-refractivity contribution is 1.17. The van der Waals surface area contributed by atoms with E-state index in [0.717, 1.165) is 39.5 Å². The summed E-state index contributed by atoms with van der Waals surface area (Å²) < 4.78 is 7.57. The molecule has 0 unspecified atom stereocenters. The minimum Gasteiger partial charge on any atom is -0.308 e. The lowest BCUT2D eigenvalue weighted by atomic mass is 10.0. The second kappa shape index (κ2) is 12.6. The molecule has 4 aromatic heterocycles. The molecule has 0 bridgehead atoms. The molecule has 0 radical (unpaired) electrons. The van der Waals surface area contributed by atoms with E-state index in [0.29, 0.717) is 5.82 Å². The van der Waals surface area contributed by atoms with Crippen LogP contribution in [0.1, 0.15) is 0 Å². The van der Waals surface area contributed by atoms with Crippen LogP contribution in [-0.2, 0) is 0 Å². The molecule has 0 amide bonds. The van der Waals surface area contributed by atoms with Gasteiger partial charge >= 0.3 is 0 Å². The SMILES string of the molecule is c1ccc(-c2cc(-c3ccccc3)nc(-c3ccc(-n4c5ccccc5c5c6sc7ccccc7c6c6c(c7ccccc7n6-c6ccccc6)c54)cc3)n2)cc1. The third-order valence-electron chi connectivity index (χ3n) is 11.3. The summed E-state index contributed by atoms with van der Waals surface area (Å²) in [7, 11) is 0. The molecule has 4 nitrogen and oxygen atoms in total. The summed E-state index contributed by atoms with van der Waals surface area (Å²) in [4.78, 5) is 10.3. The summed E-state index contributed by atoms with van der Waals surface area (Å²) in [5.74, 6) is 0.698. The third kappa shape index (κ3) is 4.86. The first-order valence-electron chi connectivity index (χ1n) is 19.3. The van der Waals surface area contributed by atoms with Gasteiger partial charge in [0, 0.05) is 69.8 Å². The van der Waals surface area contributed by atoms with Gasteiger partial charge in [0.2, 0.25) is 0 Å². The maximum Gasteiger partial charge on any atom is 0.160 e. The van der Waals surface area contributed by atoms with Crippen LogP contribution in [0, 0.1) is 0 Å². The maximum absolute atomic E-state index is 5.13. The summed E-state index contributed by atoms with van der Waals surface area (Å²) in [6.45, 7) is 0. The summed E-state index contributed by atoms with van der Waals surface area (Å²) in [6.07, 6.45) is 0. The fourth-order valence-electron chi connectivity index (χ4n) is 8.84. The fraction of sp³-hybridized carbons (Fsp3) is 0. The van der Waals surface area contributed by atoms with E-state index < -0.39 is 0 Å². The van der Waals surface area contributed by atoms with Crippen molar-refractivity contribution >= 4 is 75.1 Å². The topological polar surface area (TPSA) is 35.6 Å². The van der Waals surface area contributed by atoms with Crippen LogP contribution in [0.3, 0.4) is 0 Å². The molecular formula is C52H32N4S. The summed E-state index contributed by atoms with van der Waals surface area (Å²) >= 11 is 1.90. The minimum atomic E-state index is 0.698. The largest absolute Gasteiger partial charge is 0.308 e. The molecule has 12 aromatic rings. The molecule has 0 N–H and O–H groups in total. The molecule has 266 valence electrons. The third-order valence-corrected chi connectivity index (χ3v) is 12.5. The van der Waals surface area contributed by atoms with Crippen molar-refractivity contribution in [1.29, 1.82) is 0 Å². The van der Waals surface area contributed by atoms with E-state index in [1.807, 2.05) is 23.5 Å². The highest BCUT2D eigenvalue weighted by atomic mass is 32.1. The van der Waals surface area contributed by atoms with Gasteiger partial charge in [-0.05, 0) is 60.7 Å². The number of nitrogens with zero attached hydrogens (tertiary/aromatic N) is 4. The maximum atomic E-state index is 5.13. The molecular weight excluding hydrogens is 713 g/mol. The average molecular weight is 745 g/mol. The van der Waals surface area contributed by atoms with Crippen LogP contribution in [0.2, 0.25) is 0 Å². The van der Waals surface area contributed by atoms with Gasteiger partial charge in [0.05, 0.1) is 33.5 Å². The van der Waals surface area contributed by atoms with Crippen molar-refractivity contribution in [3.63, 3.8) is 0 Å². The second-order valence-electron chi connectivity index (χ2n) is 14.5. The molecule has 57 heavy (non-hydrogen) atoms. The zero-order valence-electron chi connectivity index (χ0n) is 30.7. The Kier molecular flexibility index (Phi) is 7.06. The highest BCUT2D eigenvalue weighted by molar-refractivity contribution is 7.27. The van der Waals surface area contributed by atoms with Gasteiger partial charge in [-0.15, -0.1) is 11.3 Å². The van der Waals surface area contributed by atoms with Crippen LogP contribution in [0.15, 0.2) is 194 Å². The first-order chi connectivity index (χ1) is 28.3. The van der Waals surface area contributed by atoms with Crippen LogP contribution in [0.5, 0.6) is 0 Å². The van der Waals surface area contributed by atoms with Crippen molar-refractivity contribution in [1.82, 2.24) is 19.1 Å². The highest BCUT2D eigenvalue weighted by Gasteiger charge is 2.26. The number of hydrogen-bond donors (Lipinski definition) is 0. The van der Waals surface area contributed by atoms with E-state index in [1.54, 1.807) is 0 Å². The first kappa shape index (κ1) is 32.0. The van der Waals surface area contributed by atoms with Crippen molar-refractivity contribution in [3.05, 3.63) is 194 Å². The zero-order chi connectivity index (χ0) is 37.5. The molecule has 0 atom stereocenters. The molecule has 0 saturated heterocycles. The molecule has 4 heterocycles. The standard InChI is InChI=1S/C52H32N4S/c1-4-16-33(17-5-1)41-32-42(34-18-6-2-7-19-34)54-52(53-41)35-28-30-37(31-29-35)56-44-26-14-11-23-39(44)47-49(56)46-38-22-10-13-25-43(38)55(36-20-8-3-9-21-36)50(46)48-40-24-12-15-27-45(40)57-51(47)48/h1-32H. The smallest absolute Gasteiger partial charge is 0.160 e. The number of thiophene rings is 1. The predicted molar refractivity (Wildman–Crippen MR) is 240 cm³/mol. The molecule has 0 aliphatic rings. The average Bonchev–Trinajstić information content (AvgIpc) is 3.95. The van der Waals surface area contributed by atoms with Gasteiger partial charge in [-0.25, -0.2) is 9.97 Å². The number of hydrogen-bond acceptors (Lipinski definition) is 3. The van der Waals surface area contributed by atoms with Gasteiger partial charge in [0.1, 0.15) is 0 Å². The summed E-state index contributed by atoms with van der Waals surface area (Å²) in [5.41, 5.74) is 12.0. The summed E-state index contributed by atoms with van der Waals surface area (Å²) in [5, 5.41) is 7.63. The number of aromatic nitrogens is 4. The number of rotatable bonds is 5. The van der Waals surface area contributed by atoms with Crippen LogP contribution < -0.4 is 0 Å². The normalized spacial score (nSPS) is 11.9. The van der Waals surface area contributed by atoms with E-state index in [1.165, 1.54) is 63.8 Å². The van der Waals surface area contributed by atoms with Gasteiger partial charge in [0.25, 0.3) is 0 Å². The Morgan fingerprint density at radius 3 is 1.42 bits per heavy atom. The van der Waals surface area contributed by atoms with Crippen LogP contribution in [0.25, 0.3) is 109 Å². The lowest BCUT2D eigenvalue weighted by Crippen LogP contribution is -1.98. The fourth-order valence-corrected chi connectivity index (χ4v) is 10.1. The Morgan fingerprint density at radius 2 is 0.825 bits per heavy atom. The van der Waals surface area contributed by atoms with E-state index >= 15 is 0 Å². The van der Waals surface area contributed by atoms with Crippen molar-refractivity contribution in [2.75, 3.05) is 0 Å². The van der Waals surface area contributed by atoms with Gasteiger partial charge in [-0.1, -0.05) is 133 Å². The number of fused-ring (bicyclic) bond motifs is 12. The van der Waals surface area contributed by atoms with Crippen LogP contribution >= 0.6 is 11.3 Å². The molecule has 0 aliphatic heterocycles. The predicted octanol–water partition coefficient (Wildman–Crippen LogP) is 14.0. The molecule has 12 rings (SSSR count). The lowest BCUT2D eigenvalue weighted by Gasteiger charge is -2.13. The Labute approximate surface area is 332 Å². The van der Waals surface area contributed by atoms with Crippen molar-refractivity contribution in [3.8, 4) is 45.3 Å². The molecule has 0 spiro atoms. The molecule has 8 aromatic carbocycles. The van der Waals surface area contributed by atoms with Crippen LogP contribution in [-0.4, -0.2) is 19.1 Å². The van der Waals surface area contributed by atoms with Gasteiger partial charge in [-0.2, -0.15) is 0 Å². The zero-order valence-corrected chi connectivity index (χ0v) is 31.5. The first-order valence-corrected chi connectivity index (χ1v) is 20.1. The van der Waals surface area contributed by atoms with Gasteiger partial charge < -0.3 is 9.13 Å². The minimum absolute atomic E-state index is 0.698. The molecule has 0 fully saturated rings. The van der Waals surface area contributed by atoms with Crippen molar-refractivity contribution in [2.45, 2.75) is 0 Å².